The Hall–Kier alpha value is -2.05. The largest absolute Gasteiger partial charge is 0.338 e. The Labute approximate surface area is 104 Å². The van der Waals surface area contributed by atoms with Crippen molar-refractivity contribution in [2.24, 2.45) is 14.1 Å². The van der Waals surface area contributed by atoms with E-state index in [4.69, 9.17) is 0 Å². The van der Waals surface area contributed by atoms with Crippen molar-refractivity contribution in [2.45, 2.75) is 19.8 Å². The maximum absolute atomic E-state index is 11.6. The van der Waals surface area contributed by atoms with Crippen LogP contribution in [0.15, 0.2) is 15.7 Å². The lowest BCUT2D eigenvalue weighted by Crippen LogP contribution is -2.39. The molecule has 0 aliphatic carbocycles. The molecule has 100 valence electrons. The number of urea groups is 1. The second-order valence-electron chi connectivity index (χ2n) is 4.00. The molecule has 7 nitrogen and oxygen atoms in total. The molecular weight excluding hydrogens is 236 g/mol. The van der Waals surface area contributed by atoms with Crippen molar-refractivity contribution < 1.29 is 4.79 Å². The van der Waals surface area contributed by atoms with Crippen LogP contribution in [0, 0.1) is 0 Å². The molecule has 0 aromatic carbocycles. The molecular formula is C11H18N4O3. The fourth-order valence-corrected chi connectivity index (χ4v) is 1.39. The molecule has 2 amide bonds. The second-order valence-corrected chi connectivity index (χ2v) is 4.00. The Morgan fingerprint density at radius 1 is 1.28 bits per heavy atom. The van der Waals surface area contributed by atoms with Gasteiger partial charge in [0.1, 0.15) is 5.82 Å². The molecule has 0 saturated carbocycles. The van der Waals surface area contributed by atoms with Gasteiger partial charge in [-0.1, -0.05) is 13.3 Å². The summed E-state index contributed by atoms with van der Waals surface area (Å²) in [7, 11) is 2.87. The van der Waals surface area contributed by atoms with Gasteiger partial charge in [0.15, 0.2) is 0 Å². The normalized spacial score (nSPS) is 10.2. The van der Waals surface area contributed by atoms with E-state index < -0.39 is 17.3 Å². The molecule has 7 heteroatoms. The summed E-state index contributed by atoms with van der Waals surface area (Å²) in [5, 5.41) is 5.12. The van der Waals surface area contributed by atoms with Crippen LogP contribution < -0.4 is 21.9 Å². The highest BCUT2D eigenvalue weighted by atomic mass is 16.2. The third kappa shape index (κ3) is 3.22. The van der Waals surface area contributed by atoms with Crippen LogP contribution in [0.2, 0.25) is 0 Å². The second kappa shape index (κ2) is 6.04. The zero-order chi connectivity index (χ0) is 13.7. The zero-order valence-electron chi connectivity index (χ0n) is 10.8. The van der Waals surface area contributed by atoms with Crippen LogP contribution in [-0.2, 0) is 14.1 Å². The summed E-state index contributed by atoms with van der Waals surface area (Å²) in [6, 6.07) is 0.785. The number of carbonyl (C=O) groups excluding carboxylic acids is 1. The summed E-state index contributed by atoms with van der Waals surface area (Å²) in [6.07, 6.45) is 1.85. The summed E-state index contributed by atoms with van der Waals surface area (Å²) in [6.45, 7) is 2.57. The first-order chi connectivity index (χ1) is 8.47. The first-order valence-electron chi connectivity index (χ1n) is 5.79. The highest BCUT2D eigenvalue weighted by molar-refractivity contribution is 5.88. The van der Waals surface area contributed by atoms with E-state index >= 15 is 0 Å². The van der Waals surface area contributed by atoms with E-state index in [1.54, 1.807) is 0 Å². The Morgan fingerprint density at radius 3 is 2.56 bits per heavy atom. The minimum atomic E-state index is -0.480. The topological polar surface area (TPSA) is 85.1 Å². The predicted octanol–water partition coefficient (Wildman–Crippen LogP) is 0.00560. The molecule has 0 bridgehead atoms. The lowest BCUT2D eigenvalue weighted by molar-refractivity contribution is 0.251. The summed E-state index contributed by atoms with van der Waals surface area (Å²) in [5.41, 5.74) is -0.937. The number of hydrogen-bond donors (Lipinski definition) is 2. The maximum atomic E-state index is 11.6. The quantitative estimate of drug-likeness (QED) is 0.742. The van der Waals surface area contributed by atoms with E-state index in [2.05, 4.69) is 10.6 Å². The van der Waals surface area contributed by atoms with E-state index in [0.29, 0.717) is 6.54 Å². The van der Waals surface area contributed by atoms with Gasteiger partial charge in [-0.2, -0.15) is 0 Å². The van der Waals surface area contributed by atoms with Crippen LogP contribution in [0.5, 0.6) is 0 Å². The summed E-state index contributed by atoms with van der Waals surface area (Å²) < 4.78 is 2.18. The van der Waals surface area contributed by atoms with E-state index in [1.165, 1.54) is 24.7 Å². The number of anilines is 1. The number of amides is 2. The lowest BCUT2D eigenvalue weighted by atomic mass is 10.3. The molecule has 18 heavy (non-hydrogen) atoms. The Balaban J connectivity index is 2.83. The molecule has 1 aromatic rings. The lowest BCUT2D eigenvalue weighted by Gasteiger charge is -2.11. The molecule has 0 fully saturated rings. The third-order valence-corrected chi connectivity index (χ3v) is 2.58. The van der Waals surface area contributed by atoms with Gasteiger partial charge in [-0.25, -0.2) is 9.59 Å². The molecule has 0 radical (unpaired) electrons. The summed E-state index contributed by atoms with van der Waals surface area (Å²) in [5.74, 6) is 0.178. The van der Waals surface area contributed by atoms with Gasteiger partial charge in [0, 0.05) is 26.7 Å². The summed E-state index contributed by atoms with van der Waals surface area (Å²) in [4.78, 5) is 34.5. The first-order valence-corrected chi connectivity index (χ1v) is 5.79. The monoisotopic (exact) mass is 254 g/mol. The van der Waals surface area contributed by atoms with Gasteiger partial charge in [-0.05, 0) is 6.42 Å². The van der Waals surface area contributed by atoms with Gasteiger partial charge in [-0.3, -0.25) is 19.2 Å². The zero-order valence-corrected chi connectivity index (χ0v) is 10.8. The van der Waals surface area contributed by atoms with E-state index in [-0.39, 0.29) is 5.82 Å². The fourth-order valence-electron chi connectivity index (χ4n) is 1.39. The highest BCUT2D eigenvalue weighted by Gasteiger charge is 2.08. The Kier molecular flexibility index (Phi) is 4.70. The maximum Gasteiger partial charge on any atom is 0.332 e. The van der Waals surface area contributed by atoms with Crippen molar-refractivity contribution in [1.29, 1.82) is 0 Å². The number of rotatable bonds is 4. The van der Waals surface area contributed by atoms with Crippen molar-refractivity contribution in [3.05, 3.63) is 26.9 Å². The van der Waals surface area contributed by atoms with Crippen LogP contribution >= 0.6 is 0 Å². The number of hydrogen-bond acceptors (Lipinski definition) is 3. The van der Waals surface area contributed by atoms with Crippen LogP contribution in [0.3, 0.4) is 0 Å². The Morgan fingerprint density at radius 2 is 1.94 bits per heavy atom. The van der Waals surface area contributed by atoms with Gasteiger partial charge in [0.05, 0.1) is 0 Å². The molecule has 1 heterocycles. The molecule has 0 atom stereocenters. The van der Waals surface area contributed by atoms with Crippen LogP contribution in [0.1, 0.15) is 19.8 Å². The first kappa shape index (κ1) is 14.0. The molecule has 0 aliphatic rings. The van der Waals surface area contributed by atoms with E-state index in [1.807, 2.05) is 6.92 Å². The van der Waals surface area contributed by atoms with Crippen molar-refractivity contribution >= 4 is 11.8 Å². The Bertz CT molecular complexity index is 544. The predicted molar refractivity (Wildman–Crippen MR) is 68.9 cm³/mol. The van der Waals surface area contributed by atoms with Crippen molar-refractivity contribution in [3.8, 4) is 0 Å². The number of carbonyl (C=O) groups is 1. The van der Waals surface area contributed by atoms with Crippen LogP contribution in [-0.4, -0.2) is 21.7 Å². The molecule has 0 spiro atoms. The molecule has 1 aromatic heterocycles. The number of aromatic nitrogens is 2. The van der Waals surface area contributed by atoms with Gasteiger partial charge in [0.25, 0.3) is 5.56 Å². The number of nitrogens with one attached hydrogen (secondary N) is 2. The smallest absolute Gasteiger partial charge is 0.332 e. The van der Waals surface area contributed by atoms with Gasteiger partial charge in [0.2, 0.25) is 0 Å². The number of unbranched alkanes of at least 4 members (excludes halogenated alkanes) is 1. The standard InChI is InChI=1S/C11H18N4O3/c1-4-5-6-12-10(17)13-8-7-9(16)15(3)11(18)14(8)2/h7H,4-6H2,1-3H3,(H2,12,13,17). The summed E-state index contributed by atoms with van der Waals surface area (Å²) >= 11 is 0. The van der Waals surface area contributed by atoms with Gasteiger partial charge >= 0.3 is 11.7 Å². The van der Waals surface area contributed by atoms with Crippen molar-refractivity contribution in [3.63, 3.8) is 0 Å². The van der Waals surface area contributed by atoms with Crippen molar-refractivity contribution in [1.82, 2.24) is 14.5 Å². The average Bonchev–Trinajstić information content (AvgIpc) is 2.33. The van der Waals surface area contributed by atoms with Crippen LogP contribution in [0.4, 0.5) is 10.6 Å². The minimum absolute atomic E-state index is 0.178. The van der Waals surface area contributed by atoms with E-state index in [9.17, 15) is 14.4 Å². The van der Waals surface area contributed by atoms with Gasteiger partial charge < -0.3 is 5.32 Å². The highest BCUT2D eigenvalue weighted by Crippen LogP contribution is 1.97. The molecule has 2 N–H and O–H groups in total. The van der Waals surface area contributed by atoms with Crippen LogP contribution in [0.25, 0.3) is 0 Å². The molecule has 1 rings (SSSR count). The molecule has 0 aliphatic heterocycles. The van der Waals surface area contributed by atoms with E-state index in [0.717, 1.165) is 17.4 Å². The fraction of sp³-hybridized carbons (Fsp3) is 0.545. The third-order valence-electron chi connectivity index (χ3n) is 2.58. The minimum Gasteiger partial charge on any atom is -0.338 e. The SMILES string of the molecule is CCCCNC(=O)Nc1cc(=O)n(C)c(=O)n1C. The van der Waals surface area contributed by atoms with Gasteiger partial charge in [-0.15, -0.1) is 0 Å². The molecule has 0 saturated heterocycles. The molecule has 0 unspecified atom stereocenters. The van der Waals surface area contributed by atoms with Crippen molar-refractivity contribution in [2.75, 3.05) is 11.9 Å². The average molecular weight is 254 g/mol. The number of nitrogens with zero attached hydrogens (tertiary/aromatic N) is 2.